The van der Waals surface area contributed by atoms with Crippen LogP contribution in [0.25, 0.3) is 10.8 Å². The van der Waals surface area contributed by atoms with Gasteiger partial charge < -0.3 is 10.6 Å². The third-order valence-corrected chi connectivity index (χ3v) is 6.71. The van der Waals surface area contributed by atoms with Gasteiger partial charge in [0, 0.05) is 17.7 Å². The van der Waals surface area contributed by atoms with Gasteiger partial charge >= 0.3 is 0 Å². The molecule has 0 bridgehead atoms. The number of hydrogen-bond acceptors (Lipinski definition) is 3. The molecular formula is C29H24N2O. The fourth-order valence-electron chi connectivity index (χ4n) is 5.19. The monoisotopic (exact) mass is 416 g/mol. The van der Waals surface area contributed by atoms with Crippen molar-refractivity contribution < 1.29 is 4.79 Å². The summed E-state index contributed by atoms with van der Waals surface area (Å²) in [5.41, 5.74) is 6.30. The van der Waals surface area contributed by atoms with Gasteiger partial charge in [-0.25, -0.2) is 0 Å². The summed E-state index contributed by atoms with van der Waals surface area (Å²) in [6.45, 7) is 0. The zero-order valence-electron chi connectivity index (χ0n) is 17.7. The SMILES string of the molecule is O=C1CC(c2ccccc2)CC2=C1C(c1cccc3ccccc13)Nc1ccccc1N2. The van der Waals surface area contributed by atoms with E-state index in [1.165, 1.54) is 16.3 Å². The van der Waals surface area contributed by atoms with Gasteiger partial charge in [-0.15, -0.1) is 0 Å². The minimum atomic E-state index is -0.198. The van der Waals surface area contributed by atoms with Gasteiger partial charge in [0.25, 0.3) is 0 Å². The van der Waals surface area contributed by atoms with Crippen molar-refractivity contribution in [3.8, 4) is 0 Å². The molecule has 1 heterocycles. The molecule has 2 atom stereocenters. The average Bonchev–Trinajstić information content (AvgIpc) is 3.01. The number of hydrogen-bond donors (Lipinski definition) is 2. The molecule has 32 heavy (non-hydrogen) atoms. The van der Waals surface area contributed by atoms with Gasteiger partial charge in [-0.1, -0.05) is 84.9 Å². The number of benzene rings is 4. The first-order valence-electron chi connectivity index (χ1n) is 11.2. The Balaban J connectivity index is 1.53. The lowest BCUT2D eigenvalue weighted by molar-refractivity contribution is -0.116. The molecule has 0 aromatic heterocycles. The fourth-order valence-corrected chi connectivity index (χ4v) is 5.19. The van der Waals surface area contributed by atoms with E-state index in [1.807, 2.05) is 18.2 Å². The van der Waals surface area contributed by atoms with Crippen LogP contribution < -0.4 is 10.6 Å². The van der Waals surface area contributed by atoms with Crippen molar-refractivity contribution in [3.63, 3.8) is 0 Å². The number of carbonyl (C=O) groups excluding carboxylic acids is 1. The van der Waals surface area contributed by atoms with Crippen molar-refractivity contribution in [2.24, 2.45) is 0 Å². The topological polar surface area (TPSA) is 41.1 Å². The summed E-state index contributed by atoms with van der Waals surface area (Å²) >= 11 is 0. The number of fused-ring (bicyclic) bond motifs is 2. The van der Waals surface area contributed by atoms with Gasteiger partial charge in [-0.05, 0) is 46.4 Å². The Morgan fingerprint density at radius 2 is 1.41 bits per heavy atom. The molecule has 3 nitrogen and oxygen atoms in total. The van der Waals surface area contributed by atoms with Crippen molar-refractivity contribution in [2.45, 2.75) is 24.8 Å². The zero-order chi connectivity index (χ0) is 21.5. The molecule has 0 saturated heterocycles. The molecule has 156 valence electrons. The van der Waals surface area contributed by atoms with Crippen LogP contribution in [0.2, 0.25) is 0 Å². The van der Waals surface area contributed by atoms with Crippen molar-refractivity contribution in [1.29, 1.82) is 0 Å². The number of anilines is 2. The first-order chi connectivity index (χ1) is 15.8. The number of ketones is 1. The number of para-hydroxylation sites is 2. The molecule has 1 aliphatic carbocycles. The van der Waals surface area contributed by atoms with Crippen LogP contribution in [0.1, 0.15) is 35.9 Å². The second kappa shape index (κ2) is 7.69. The highest BCUT2D eigenvalue weighted by Gasteiger charge is 2.36. The number of nitrogens with one attached hydrogen (secondary N) is 2. The van der Waals surface area contributed by atoms with E-state index in [9.17, 15) is 4.79 Å². The molecule has 4 aromatic rings. The van der Waals surface area contributed by atoms with Crippen molar-refractivity contribution in [2.75, 3.05) is 10.6 Å². The maximum atomic E-state index is 13.7. The quantitative estimate of drug-likeness (QED) is 0.377. The van der Waals surface area contributed by atoms with Gasteiger partial charge in [-0.3, -0.25) is 4.79 Å². The van der Waals surface area contributed by atoms with Crippen LogP contribution in [-0.4, -0.2) is 5.78 Å². The molecule has 0 amide bonds. The van der Waals surface area contributed by atoms with Gasteiger partial charge in [0.1, 0.15) is 0 Å². The molecular weight excluding hydrogens is 392 g/mol. The van der Waals surface area contributed by atoms with E-state index >= 15 is 0 Å². The first-order valence-corrected chi connectivity index (χ1v) is 11.2. The molecule has 0 saturated carbocycles. The predicted molar refractivity (Wildman–Crippen MR) is 131 cm³/mol. The van der Waals surface area contributed by atoms with E-state index in [1.54, 1.807) is 0 Å². The van der Waals surface area contributed by atoms with Crippen LogP contribution in [0.3, 0.4) is 0 Å². The summed E-state index contributed by atoms with van der Waals surface area (Å²) in [7, 11) is 0. The molecule has 2 aliphatic rings. The molecule has 0 fully saturated rings. The van der Waals surface area contributed by atoms with Gasteiger partial charge in [-0.2, -0.15) is 0 Å². The van der Waals surface area contributed by atoms with Crippen LogP contribution in [-0.2, 0) is 4.79 Å². The van der Waals surface area contributed by atoms with E-state index in [2.05, 4.69) is 89.5 Å². The third-order valence-electron chi connectivity index (χ3n) is 6.71. The van der Waals surface area contributed by atoms with Crippen molar-refractivity contribution in [3.05, 3.63) is 119 Å². The molecule has 0 radical (unpaired) electrons. The molecule has 1 aliphatic heterocycles. The summed E-state index contributed by atoms with van der Waals surface area (Å²) in [6.07, 6.45) is 1.35. The Morgan fingerprint density at radius 3 is 2.28 bits per heavy atom. The average molecular weight is 417 g/mol. The Morgan fingerprint density at radius 1 is 0.688 bits per heavy atom. The van der Waals surface area contributed by atoms with Crippen LogP contribution in [0.5, 0.6) is 0 Å². The van der Waals surface area contributed by atoms with Crippen LogP contribution in [0.15, 0.2) is 108 Å². The van der Waals surface area contributed by atoms with E-state index in [-0.39, 0.29) is 17.7 Å². The highest BCUT2D eigenvalue weighted by molar-refractivity contribution is 6.02. The molecule has 3 heteroatoms. The lowest BCUT2D eigenvalue weighted by Crippen LogP contribution is -2.27. The lowest BCUT2D eigenvalue weighted by atomic mass is 9.78. The molecule has 2 unspecified atom stereocenters. The number of rotatable bonds is 2. The van der Waals surface area contributed by atoms with Crippen molar-refractivity contribution >= 4 is 27.9 Å². The fraction of sp³-hybridized carbons (Fsp3) is 0.138. The summed E-state index contributed by atoms with van der Waals surface area (Å²) in [6, 6.07) is 33.2. The van der Waals surface area contributed by atoms with Gasteiger partial charge in [0.15, 0.2) is 5.78 Å². The molecule has 2 N–H and O–H groups in total. The summed E-state index contributed by atoms with van der Waals surface area (Å²) in [5.74, 6) is 0.402. The second-order valence-electron chi connectivity index (χ2n) is 8.65. The number of carbonyl (C=O) groups is 1. The standard InChI is InChI=1S/C29H24N2O/c32-27-18-21(19-9-2-1-3-10-19)17-26-28(27)29(31-25-16-7-6-15-24(25)30-26)23-14-8-12-20-11-4-5-13-22(20)23/h1-16,21,29-31H,17-18H2. The summed E-state index contributed by atoms with van der Waals surface area (Å²) < 4.78 is 0. The highest BCUT2D eigenvalue weighted by atomic mass is 16.1. The smallest absolute Gasteiger partial charge is 0.163 e. The lowest BCUT2D eigenvalue weighted by Gasteiger charge is -2.30. The zero-order valence-corrected chi connectivity index (χ0v) is 17.7. The second-order valence-corrected chi connectivity index (χ2v) is 8.65. The number of Topliss-reactive ketones (excluding diaryl/α,β-unsaturated/α-hetero) is 1. The number of allylic oxidation sites excluding steroid dienone is 1. The van der Waals surface area contributed by atoms with E-state index in [0.717, 1.165) is 34.6 Å². The van der Waals surface area contributed by atoms with Crippen molar-refractivity contribution in [1.82, 2.24) is 0 Å². The molecule has 0 spiro atoms. The first kappa shape index (κ1) is 18.9. The van der Waals surface area contributed by atoms with Gasteiger partial charge in [0.2, 0.25) is 0 Å². The van der Waals surface area contributed by atoms with Crippen LogP contribution in [0.4, 0.5) is 11.4 Å². The minimum Gasteiger partial charge on any atom is -0.372 e. The minimum absolute atomic E-state index is 0.188. The molecule has 6 rings (SSSR count). The Kier molecular flexibility index (Phi) is 4.53. The van der Waals surface area contributed by atoms with E-state index in [4.69, 9.17) is 0 Å². The molecule has 4 aromatic carbocycles. The summed E-state index contributed by atoms with van der Waals surface area (Å²) in [5, 5.41) is 9.71. The Labute approximate surface area is 187 Å². The largest absolute Gasteiger partial charge is 0.372 e. The Bertz CT molecular complexity index is 1350. The predicted octanol–water partition coefficient (Wildman–Crippen LogP) is 6.82. The van der Waals surface area contributed by atoms with Crippen LogP contribution in [0, 0.1) is 0 Å². The van der Waals surface area contributed by atoms with Gasteiger partial charge in [0.05, 0.1) is 17.4 Å². The maximum absolute atomic E-state index is 13.7. The van der Waals surface area contributed by atoms with Crippen LogP contribution >= 0.6 is 0 Å². The summed E-state index contributed by atoms with van der Waals surface area (Å²) in [4.78, 5) is 13.7. The Hall–Kier alpha value is -3.85. The third kappa shape index (κ3) is 3.18. The van der Waals surface area contributed by atoms with E-state index < -0.39 is 0 Å². The van der Waals surface area contributed by atoms with E-state index in [0.29, 0.717) is 6.42 Å². The maximum Gasteiger partial charge on any atom is 0.163 e. The normalized spacial score (nSPS) is 20.1. The highest BCUT2D eigenvalue weighted by Crippen LogP contribution is 2.45.